The first kappa shape index (κ1) is 19.8. The zero-order chi connectivity index (χ0) is 20.1. The lowest BCUT2D eigenvalue weighted by Gasteiger charge is -2.06. The van der Waals surface area contributed by atoms with E-state index in [9.17, 15) is 14.4 Å². The first-order chi connectivity index (χ1) is 13.5. The van der Waals surface area contributed by atoms with Crippen LogP contribution in [0.2, 0.25) is 0 Å². The molecule has 0 bridgehead atoms. The summed E-state index contributed by atoms with van der Waals surface area (Å²) in [5.74, 6) is 0.346. The molecule has 1 amide bonds. The molecule has 0 unspecified atom stereocenters. The van der Waals surface area contributed by atoms with Crippen molar-refractivity contribution >= 4 is 40.1 Å². The molecule has 1 fully saturated rings. The molecule has 1 atom stereocenters. The van der Waals surface area contributed by atoms with E-state index in [2.05, 4.69) is 10.3 Å². The molecule has 3 rings (SSSR count). The second-order valence-electron chi connectivity index (χ2n) is 6.20. The van der Waals surface area contributed by atoms with Gasteiger partial charge in [0.2, 0.25) is 5.91 Å². The number of hydrogen-bond acceptors (Lipinski definition) is 6. The summed E-state index contributed by atoms with van der Waals surface area (Å²) in [5.41, 5.74) is 1.78. The number of rotatable bonds is 7. The number of aliphatic imine (C=N–C) groups is 1. The Morgan fingerprint density at radius 3 is 2.32 bits per heavy atom. The van der Waals surface area contributed by atoms with E-state index in [0.29, 0.717) is 34.3 Å². The third-order valence-corrected chi connectivity index (χ3v) is 5.22. The molecule has 0 radical (unpaired) electrons. The van der Waals surface area contributed by atoms with Crippen LogP contribution >= 0.6 is 11.8 Å². The fourth-order valence-corrected chi connectivity index (χ4v) is 3.66. The smallest absolute Gasteiger partial charge is 0.240 e. The molecule has 7 heteroatoms. The van der Waals surface area contributed by atoms with Gasteiger partial charge in [0.1, 0.15) is 5.75 Å². The number of nitrogens with one attached hydrogen (secondary N) is 1. The van der Waals surface area contributed by atoms with Crippen molar-refractivity contribution in [1.29, 1.82) is 0 Å². The van der Waals surface area contributed by atoms with Gasteiger partial charge in [-0.05, 0) is 62.4 Å². The Bertz CT molecular complexity index is 920. The Morgan fingerprint density at radius 1 is 1.07 bits per heavy atom. The number of hydrogen-bond donors (Lipinski definition) is 1. The van der Waals surface area contributed by atoms with Crippen LogP contribution in [0.5, 0.6) is 5.75 Å². The molecule has 2 aromatic rings. The van der Waals surface area contributed by atoms with Crippen molar-refractivity contribution in [2.24, 2.45) is 4.99 Å². The molecule has 0 aliphatic carbocycles. The van der Waals surface area contributed by atoms with Gasteiger partial charge in [0, 0.05) is 17.5 Å². The Kier molecular flexibility index (Phi) is 6.26. The van der Waals surface area contributed by atoms with Gasteiger partial charge in [-0.1, -0.05) is 11.8 Å². The van der Waals surface area contributed by atoms with Gasteiger partial charge in [-0.15, -0.1) is 0 Å². The molecule has 1 aliphatic heterocycles. The number of ether oxygens (including phenoxy) is 1. The lowest BCUT2D eigenvalue weighted by atomic mass is 10.1. The largest absolute Gasteiger partial charge is 0.494 e. The van der Waals surface area contributed by atoms with Gasteiger partial charge in [-0.3, -0.25) is 14.4 Å². The number of benzene rings is 2. The quantitative estimate of drug-likeness (QED) is 0.720. The minimum Gasteiger partial charge on any atom is -0.494 e. The zero-order valence-electron chi connectivity index (χ0n) is 15.6. The summed E-state index contributed by atoms with van der Waals surface area (Å²) >= 11 is 1.24. The summed E-state index contributed by atoms with van der Waals surface area (Å²) in [6, 6.07) is 13.7. The highest BCUT2D eigenvalue weighted by atomic mass is 32.2. The highest BCUT2D eigenvalue weighted by molar-refractivity contribution is 8.15. The normalized spacial score (nSPS) is 17.4. The predicted molar refractivity (Wildman–Crippen MR) is 110 cm³/mol. The molecule has 0 spiro atoms. The van der Waals surface area contributed by atoms with Crippen molar-refractivity contribution in [3.05, 3.63) is 59.7 Å². The van der Waals surface area contributed by atoms with Gasteiger partial charge in [0.15, 0.2) is 16.7 Å². The molecule has 1 N–H and O–H groups in total. The van der Waals surface area contributed by atoms with E-state index in [1.165, 1.54) is 18.7 Å². The monoisotopic (exact) mass is 396 g/mol. The lowest BCUT2D eigenvalue weighted by Crippen LogP contribution is -2.26. The Balaban J connectivity index is 1.63. The maximum atomic E-state index is 12.5. The van der Waals surface area contributed by atoms with Gasteiger partial charge in [0.25, 0.3) is 0 Å². The number of carbonyl (C=O) groups excluding carboxylic acids is 3. The Hall–Kier alpha value is -2.93. The summed E-state index contributed by atoms with van der Waals surface area (Å²) in [7, 11) is 0. The van der Waals surface area contributed by atoms with Crippen LogP contribution in [0.15, 0.2) is 53.5 Å². The molecular weight excluding hydrogens is 376 g/mol. The fraction of sp³-hybridized carbons (Fsp3) is 0.238. The summed E-state index contributed by atoms with van der Waals surface area (Å²) in [6.07, 6.45) is 0.0901. The molecule has 1 heterocycles. The van der Waals surface area contributed by atoms with Crippen LogP contribution in [-0.2, 0) is 4.79 Å². The van der Waals surface area contributed by atoms with Gasteiger partial charge in [0.05, 0.1) is 17.5 Å². The Labute approximate surface area is 167 Å². The van der Waals surface area contributed by atoms with Crippen molar-refractivity contribution in [3.63, 3.8) is 0 Å². The lowest BCUT2D eigenvalue weighted by molar-refractivity contribution is -0.118. The van der Waals surface area contributed by atoms with Crippen molar-refractivity contribution < 1.29 is 19.1 Å². The maximum absolute atomic E-state index is 12.5. The van der Waals surface area contributed by atoms with Gasteiger partial charge < -0.3 is 10.1 Å². The van der Waals surface area contributed by atoms with Crippen molar-refractivity contribution in [1.82, 2.24) is 5.32 Å². The van der Waals surface area contributed by atoms with Crippen molar-refractivity contribution in [2.45, 2.75) is 25.5 Å². The second kappa shape index (κ2) is 8.84. The molecular formula is C21H20N2O4S. The first-order valence-corrected chi connectivity index (χ1v) is 9.77. The summed E-state index contributed by atoms with van der Waals surface area (Å²) < 4.78 is 5.37. The fourth-order valence-electron chi connectivity index (χ4n) is 2.67. The van der Waals surface area contributed by atoms with E-state index in [0.717, 1.165) is 0 Å². The number of amides is 1. The molecule has 1 saturated heterocycles. The van der Waals surface area contributed by atoms with Crippen LogP contribution in [0.25, 0.3) is 0 Å². The zero-order valence-corrected chi connectivity index (χ0v) is 16.4. The van der Waals surface area contributed by atoms with Gasteiger partial charge in [-0.2, -0.15) is 0 Å². The third-order valence-electron chi connectivity index (χ3n) is 4.14. The number of amidine groups is 1. The summed E-state index contributed by atoms with van der Waals surface area (Å²) in [5, 5.41) is 2.64. The SMILES string of the molecule is CCOc1ccc(C(=O)C[C@H]2SC(=Nc3ccc(C(C)=O)cc3)NC2=O)cc1. The highest BCUT2D eigenvalue weighted by Gasteiger charge is 2.32. The number of carbonyl (C=O) groups is 3. The molecule has 2 aromatic carbocycles. The van der Waals surface area contributed by atoms with E-state index in [1.807, 2.05) is 6.92 Å². The number of ketones is 2. The van der Waals surface area contributed by atoms with E-state index in [4.69, 9.17) is 4.74 Å². The number of nitrogens with zero attached hydrogens (tertiary/aromatic N) is 1. The van der Waals surface area contributed by atoms with Crippen LogP contribution < -0.4 is 10.1 Å². The van der Waals surface area contributed by atoms with Crippen molar-refractivity contribution in [2.75, 3.05) is 6.61 Å². The minimum absolute atomic E-state index is 0.0180. The molecule has 0 aromatic heterocycles. The van der Waals surface area contributed by atoms with Crippen LogP contribution in [0, 0.1) is 0 Å². The molecule has 1 aliphatic rings. The van der Waals surface area contributed by atoms with Gasteiger partial charge in [-0.25, -0.2) is 4.99 Å². The standard InChI is InChI=1S/C21H20N2O4S/c1-3-27-17-10-6-15(7-11-17)18(25)12-19-20(26)23-21(28-19)22-16-8-4-14(5-9-16)13(2)24/h4-11,19H,3,12H2,1-2H3,(H,22,23,26)/t19-/m1/s1. The van der Waals surface area contributed by atoms with E-state index >= 15 is 0 Å². The maximum Gasteiger partial charge on any atom is 0.240 e. The van der Waals surface area contributed by atoms with Gasteiger partial charge >= 0.3 is 0 Å². The Morgan fingerprint density at radius 2 is 1.71 bits per heavy atom. The van der Waals surface area contributed by atoms with Crippen LogP contribution in [-0.4, -0.2) is 34.5 Å². The second-order valence-corrected chi connectivity index (χ2v) is 7.39. The van der Waals surface area contributed by atoms with E-state index in [1.54, 1.807) is 48.5 Å². The van der Waals surface area contributed by atoms with Crippen LogP contribution in [0.3, 0.4) is 0 Å². The number of Topliss-reactive ketones (excluding diaryl/α,β-unsaturated/α-hetero) is 2. The molecule has 144 valence electrons. The van der Waals surface area contributed by atoms with Crippen LogP contribution in [0.4, 0.5) is 5.69 Å². The summed E-state index contributed by atoms with van der Waals surface area (Å²) in [4.78, 5) is 40.4. The average Bonchev–Trinajstić information content (AvgIpc) is 3.01. The average molecular weight is 396 g/mol. The molecule has 0 saturated carbocycles. The van der Waals surface area contributed by atoms with Crippen molar-refractivity contribution in [3.8, 4) is 5.75 Å². The van der Waals surface area contributed by atoms with E-state index < -0.39 is 5.25 Å². The minimum atomic E-state index is -0.519. The highest BCUT2D eigenvalue weighted by Crippen LogP contribution is 2.27. The summed E-state index contributed by atoms with van der Waals surface area (Å²) in [6.45, 7) is 3.96. The van der Waals surface area contributed by atoms with E-state index in [-0.39, 0.29) is 23.9 Å². The third kappa shape index (κ3) is 4.86. The van der Waals surface area contributed by atoms with Crippen LogP contribution in [0.1, 0.15) is 41.0 Å². The predicted octanol–water partition coefficient (Wildman–Crippen LogP) is 3.78. The molecule has 28 heavy (non-hydrogen) atoms. The number of thioether (sulfide) groups is 1. The first-order valence-electron chi connectivity index (χ1n) is 8.89. The topological polar surface area (TPSA) is 84.8 Å². The molecule has 6 nitrogen and oxygen atoms in total.